The Hall–Kier alpha value is -1.93. The maximum Gasteiger partial charge on any atom is 0.238 e. The van der Waals surface area contributed by atoms with Crippen LogP contribution in [0.4, 0.5) is 5.69 Å². The van der Waals surface area contributed by atoms with Gasteiger partial charge in [-0.1, -0.05) is 17.7 Å². The van der Waals surface area contributed by atoms with Gasteiger partial charge >= 0.3 is 0 Å². The van der Waals surface area contributed by atoms with E-state index in [1.807, 2.05) is 32.9 Å². The summed E-state index contributed by atoms with van der Waals surface area (Å²) in [4.78, 5) is 28.8. The zero-order valence-electron chi connectivity index (χ0n) is 17.7. The first kappa shape index (κ1) is 21.8. The summed E-state index contributed by atoms with van der Waals surface area (Å²) in [6.45, 7) is 6.15. The highest BCUT2D eigenvalue weighted by atomic mass is 32.2. The lowest BCUT2D eigenvalue weighted by Crippen LogP contribution is -2.47. The first-order valence-corrected chi connectivity index (χ1v) is 12.0. The lowest BCUT2D eigenvalue weighted by atomic mass is 10.1. The van der Waals surface area contributed by atoms with Gasteiger partial charge in [0.25, 0.3) is 0 Å². The molecule has 1 saturated carbocycles. The predicted molar refractivity (Wildman–Crippen MR) is 114 cm³/mol. The average Bonchev–Trinajstić information content (AvgIpc) is 3.34. The molecule has 2 fully saturated rings. The molecule has 1 heterocycles. The lowest BCUT2D eigenvalue weighted by molar-refractivity contribution is -0.134. The van der Waals surface area contributed by atoms with E-state index in [1.165, 1.54) is 0 Å². The van der Waals surface area contributed by atoms with Gasteiger partial charge in [0.1, 0.15) is 0 Å². The first-order valence-electron chi connectivity index (χ1n) is 10.1. The van der Waals surface area contributed by atoms with E-state index in [1.54, 1.807) is 16.8 Å². The van der Waals surface area contributed by atoms with E-state index in [-0.39, 0.29) is 48.5 Å². The molecule has 1 aliphatic carbocycles. The minimum absolute atomic E-state index is 0.0609. The number of nitrogens with zero attached hydrogens (tertiary/aromatic N) is 2. The minimum atomic E-state index is -3.04. The Labute approximate surface area is 173 Å². The van der Waals surface area contributed by atoms with Crippen molar-refractivity contribution in [1.82, 2.24) is 9.80 Å². The van der Waals surface area contributed by atoms with Gasteiger partial charge in [0.05, 0.1) is 24.6 Å². The summed E-state index contributed by atoms with van der Waals surface area (Å²) in [7, 11) is -1.31. The Morgan fingerprint density at radius 3 is 2.17 bits per heavy atom. The number of hydrogen-bond acceptors (Lipinski definition) is 5. The van der Waals surface area contributed by atoms with Gasteiger partial charge < -0.3 is 10.2 Å². The van der Waals surface area contributed by atoms with Crippen LogP contribution in [0, 0.1) is 20.8 Å². The summed E-state index contributed by atoms with van der Waals surface area (Å²) >= 11 is 0. The number of benzene rings is 1. The maximum atomic E-state index is 12.9. The highest BCUT2D eigenvalue weighted by Crippen LogP contribution is 2.32. The van der Waals surface area contributed by atoms with Crippen molar-refractivity contribution in [2.45, 2.75) is 52.1 Å². The highest BCUT2D eigenvalue weighted by molar-refractivity contribution is 7.91. The third-order valence-corrected chi connectivity index (χ3v) is 7.34. The quantitative estimate of drug-likeness (QED) is 0.724. The maximum absolute atomic E-state index is 12.9. The van der Waals surface area contributed by atoms with E-state index in [0.29, 0.717) is 6.42 Å². The zero-order chi connectivity index (χ0) is 21.3. The molecule has 1 saturated heterocycles. The standard InChI is InChI=1S/C21H31N3O4S/c1-14-9-15(2)21(16(3)10-14)22-19(25)11-23(4)12-20(26)24(17-5-6-17)18-7-8-29(27,28)13-18/h9-10,17-18H,5-8,11-13H2,1-4H3,(H,22,25)/t18-/m0/s1. The van der Waals surface area contributed by atoms with Crippen LogP contribution in [0.1, 0.15) is 36.0 Å². The number of likely N-dealkylation sites (N-methyl/N-ethyl adjacent to an activating group) is 1. The lowest BCUT2D eigenvalue weighted by Gasteiger charge is -2.30. The van der Waals surface area contributed by atoms with E-state index in [4.69, 9.17) is 0 Å². The van der Waals surface area contributed by atoms with Crippen LogP contribution in [-0.4, -0.2) is 73.8 Å². The summed E-state index contributed by atoms with van der Waals surface area (Å²) < 4.78 is 23.7. The molecule has 7 nitrogen and oxygen atoms in total. The molecule has 0 bridgehead atoms. The van der Waals surface area contributed by atoms with Crippen LogP contribution in [-0.2, 0) is 19.4 Å². The normalized spacial score (nSPS) is 20.7. The van der Waals surface area contributed by atoms with E-state index >= 15 is 0 Å². The van der Waals surface area contributed by atoms with Gasteiger partial charge in [-0.15, -0.1) is 0 Å². The Balaban J connectivity index is 1.57. The molecule has 2 aliphatic rings. The second-order valence-electron chi connectivity index (χ2n) is 8.58. The molecule has 0 radical (unpaired) electrons. The van der Waals surface area contributed by atoms with Gasteiger partial charge in [0.15, 0.2) is 9.84 Å². The van der Waals surface area contributed by atoms with Crippen LogP contribution in [0.5, 0.6) is 0 Å². The van der Waals surface area contributed by atoms with Gasteiger partial charge in [-0.05, 0) is 58.2 Å². The van der Waals surface area contributed by atoms with Crippen LogP contribution in [0.2, 0.25) is 0 Å². The van der Waals surface area contributed by atoms with Crippen molar-refractivity contribution in [2.75, 3.05) is 37.0 Å². The number of hydrogen-bond donors (Lipinski definition) is 1. The topological polar surface area (TPSA) is 86.8 Å². The van der Waals surface area contributed by atoms with Crippen LogP contribution in [0.25, 0.3) is 0 Å². The van der Waals surface area contributed by atoms with Crippen molar-refractivity contribution in [2.24, 2.45) is 0 Å². The molecular formula is C21H31N3O4S. The highest BCUT2D eigenvalue weighted by Gasteiger charge is 2.42. The Kier molecular flexibility index (Phi) is 6.33. The van der Waals surface area contributed by atoms with Gasteiger partial charge in [0, 0.05) is 17.8 Å². The Bertz CT molecular complexity index is 885. The minimum Gasteiger partial charge on any atom is -0.335 e. The molecule has 3 rings (SSSR count). The van der Waals surface area contributed by atoms with E-state index in [9.17, 15) is 18.0 Å². The molecule has 1 aromatic rings. The molecular weight excluding hydrogens is 390 g/mol. The smallest absolute Gasteiger partial charge is 0.238 e. The van der Waals surface area contributed by atoms with Gasteiger partial charge in [-0.25, -0.2) is 8.42 Å². The number of carbonyl (C=O) groups excluding carboxylic acids is 2. The molecule has 160 valence electrons. The number of carbonyl (C=O) groups is 2. The second kappa shape index (κ2) is 8.44. The largest absolute Gasteiger partial charge is 0.335 e. The van der Waals surface area contributed by atoms with Gasteiger partial charge in [0.2, 0.25) is 11.8 Å². The van der Waals surface area contributed by atoms with Gasteiger partial charge in [-0.2, -0.15) is 0 Å². The molecule has 8 heteroatoms. The zero-order valence-corrected chi connectivity index (χ0v) is 18.5. The van der Waals surface area contributed by atoms with Crippen LogP contribution in [0.15, 0.2) is 12.1 Å². The predicted octanol–water partition coefficient (Wildman–Crippen LogP) is 1.66. The fourth-order valence-electron chi connectivity index (χ4n) is 4.22. The van der Waals surface area contributed by atoms with Crippen molar-refractivity contribution < 1.29 is 18.0 Å². The molecule has 0 spiro atoms. The Morgan fingerprint density at radius 2 is 1.66 bits per heavy atom. The molecule has 1 aromatic carbocycles. The first-order chi connectivity index (χ1) is 13.6. The van der Waals surface area contributed by atoms with E-state index < -0.39 is 9.84 Å². The summed E-state index contributed by atoms with van der Waals surface area (Å²) in [5.74, 6) is -0.0445. The van der Waals surface area contributed by atoms with Crippen LogP contribution >= 0.6 is 0 Å². The average molecular weight is 422 g/mol. The number of aryl methyl sites for hydroxylation is 3. The molecule has 1 N–H and O–H groups in total. The summed E-state index contributed by atoms with van der Waals surface area (Å²) in [5, 5.41) is 2.96. The van der Waals surface area contributed by atoms with Crippen molar-refractivity contribution in [3.8, 4) is 0 Å². The number of amides is 2. The Morgan fingerprint density at radius 1 is 1.03 bits per heavy atom. The molecule has 1 atom stereocenters. The molecule has 0 unspecified atom stereocenters. The van der Waals surface area contributed by atoms with Crippen molar-refractivity contribution in [3.63, 3.8) is 0 Å². The van der Waals surface area contributed by atoms with E-state index in [0.717, 1.165) is 35.2 Å². The molecule has 2 amide bonds. The second-order valence-corrected chi connectivity index (χ2v) is 10.8. The number of nitrogens with one attached hydrogen (secondary N) is 1. The number of sulfone groups is 1. The fraction of sp³-hybridized carbons (Fsp3) is 0.619. The van der Waals surface area contributed by atoms with E-state index in [2.05, 4.69) is 5.32 Å². The molecule has 1 aliphatic heterocycles. The fourth-order valence-corrected chi connectivity index (χ4v) is 5.93. The third kappa shape index (κ3) is 5.57. The SMILES string of the molecule is Cc1cc(C)c(NC(=O)CN(C)CC(=O)N(C2CC2)[C@H]2CCS(=O)(=O)C2)c(C)c1. The van der Waals surface area contributed by atoms with Crippen molar-refractivity contribution in [3.05, 3.63) is 28.8 Å². The summed E-state index contributed by atoms with van der Waals surface area (Å²) in [6.07, 6.45) is 2.37. The van der Waals surface area contributed by atoms with Crippen molar-refractivity contribution >= 4 is 27.3 Å². The molecule has 0 aromatic heterocycles. The van der Waals surface area contributed by atoms with Crippen molar-refractivity contribution in [1.29, 1.82) is 0 Å². The van der Waals surface area contributed by atoms with Crippen LogP contribution in [0.3, 0.4) is 0 Å². The molecule has 29 heavy (non-hydrogen) atoms. The third-order valence-electron chi connectivity index (χ3n) is 5.59. The monoisotopic (exact) mass is 421 g/mol. The number of anilines is 1. The van der Waals surface area contributed by atoms with Crippen LogP contribution < -0.4 is 5.32 Å². The summed E-state index contributed by atoms with van der Waals surface area (Å²) in [5.41, 5.74) is 3.99. The summed E-state index contributed by atoms with van der Waals surface area (Å²) in [6, 6.07) is 3.99. The number of rotatable bonds is 7. The van der Waals surface area contributed by atoms with Gasteiger partial charge in [-0.3, -0.25) is 14.5 Å².